The van der Waals surface area contributed by atoms with Crippen LogP contribution in [0, 0.1) is 23.0 Å². The van der Waals surface area contributed by atoms with Gasteiger partial charge in [0.05, 0.1) is 11.6 Å². The van der Waals surface area contributed by atoms with Gasteiger partial charge in [0.25, 0.3) is 0 Å². The van der Waals surface area contributed by atoms with Gasteiger partial charge in [0.15, 0.2) is 11.6 Å². The van der Waals surface area contributed by atoms with Crippen molar-refractivity contribution in [1.29, 1.82) is 5.26 Å². The van der Waals surface area contributed by atoms with Gasteiger partial charge in [-0.2, -0.15) is 9.65 Å². The summed E-state index contributed by atoms with van der Waals surface area (Å²) < 4.78 is 31.4. The molecule has 0 heterocycles. The minimum Gasteiger partial charge on any atom is -0.487 e. The number of benzene rings is 2. The first-order chi connectivity index (χ1) is 9.61. The Morgan fingerprint density at radius 2 is 1.85 bits per heavy atom. The third kappa shape index (κ3) is 3.11. The van der Waals surface area contributed by atoms with Gasteiger partial charge in [-0.1, -0.05) is 18.2 Å². The van der Waals surface area contributed by atoms with Crippen LogP contribution in [0.25, 0.3) is 0 Å². The van der Waals surface area contributed by atoms with Crippen molar-refractivity contribution in [2.45, 2.75) is 6.10 Å². The normalized spacial score (nSPS) is 11.7. The molecule has 102 valence electrons. The average Bonchev–Trinajstić information content (AvgIpc) is 2.48. The third-order valence-corrected chi connectivity index (χ3v) is 2.74. The highest BCUT2D eigenvalue weighted by molar-refractivity contribution is 5.32. The molecule has 2 aromatic carbocycles. The SMILES string of the molecule is N#Cc1ccc(C(O)COc2cccc(F)c2F)cc1. The molecule has 0 aliphatic carbocycles. The van der Waals surface area contributed by atoms with E-state index < -0.39 is 17.7 Å². The van der Waals surface area contributed by atoms with E-state index in [0.717, 1.165) is 6.07 Å². The molecule has 2 rings (SSSR count). The molecule has 20 heavy (non-hydrogen) atoms. The highest BCUT2D eigenvalue weighted by Gasteiger charge is 2.12. The van der Waals surface area contributed by atoms with Gasteiger partial charge in [0, 0.05) is 0 Å². The molecule has 0 saturated carbocycles. The number of ether oxygens (including phenoxy) is 1. The van der Waals surface area contributed by atoms with Crippen molar-refractivity contribution in [2.24, 2.45) is 0 Å². The lowest BCUT2D eigenvalue weighted by atomic mass is 10.1. The molecular weight excluding hydrogens is 264 g/mol. The molecule has 0 aromatic heterocycles. The Morgan fingerprint density at radius 1 is 1.15 bits per heavy atom. The number of hydrogen-bond acceptors (Lipinski definition) is 3. The Bertz CT molecular complexity index is 635. The predicted molar refractivity (Wildman–Crippen MR) is 68.0 cm³/mol. The summed E-state index contributed by atoms with van der Waals surface area (Å²) in [6, 6.07) is 11.8. The second kappa shape index (κ2) is 6.13. The van der Waals surface area contributed by atoms with Crippen molar-refractivity contribution >= 4 is 0 Å². The van der Waals surface area contributed by atoms with Crippen LogP contribution in [0.15, 0.2) is 42.5 Å². The summed E-state index contributed by atoms with van der Waals surface area (Å²) in [6.45, 7) is -0.216. The Kier molecular flexibility index (Phi) is 4.28. The van der Waals surface area contributed by atoms with E-state index in [4.69, 9.17) is 10.00 Å². The zero-order chi connectivity index (χ0) is 14.5. The number of aliphatic hydroxyl groups excluding tert-OH is 1. The maximum absolute atomic E-state index is 13.3. The molecule has 0 bridgehead atoms. The first-order valence-corrected chi connectivity index (χ1v) is 5.86. The summed E-state index contributed by atoms with van der Waals surface area (Å²) >= 11 is 0. The predicted octanol–water partition coefficient (Wildman–Crippen LogP) is 2.95. The van der Waals surface area contributed by atoms with Gasteiger partial charge in [-0.15, -0.1) is 0 Å². The number of aliphatic hydroxyl groups is 1. The third-order valence-electron chi connectivity index (χ3n) is 2.74. The lowest BCUT2D eigenvalue weighted by Crippen LogP contribution is -2.10. The van der Waals surface area contributed by atoms with Crippen LogP contribution >= 0.6 is 0 Å². The van der Waals surface area contributed by atoms with E-state index in [2.05, 4.69) is 0 Å². The van der Waals surface area contributed by atoms with Crippen molar-refractivity contribution in [3.05, 3.63) is 65.2 Å². The van der Waals surface area contributed by atoms with Crippen molar-refractivity contribution in [3.8, 4) is 11.8 Å². The molecule has 1 N–H and O–H groups in total. The van der Waals surface area contributed by atoms with Crippen molar-refractivity contribution in [3.63, 3.8) is 0 Å². The molecule has 0 spiro atoms. The van der Waals surface area contributed by atoms with Crippen LogP contribution in [0.1, 0.15) is 17.2 Å². The van der Waals surface area contributed by atoms with Crippen molar-refractivity contribution < 1.29 is 18.6 Å². The smallest absolute Gasteiger partial charge is 0.200 e. The van der Waals surface area contributed by atoms with Gasteiger partial charge in [-0.25, -0.2) is 4.39 Å². The van der Waals surface area contributed by atoms with E-state index in [-0.39, 0.29) is 12.4 Å². The summed E-state index contributed by atoms with van der Waals surface area (Å²) in [6.07, 6.45) is -0.995. The number of nitrogens with zero attached hydrogens (tertiary/aromatic N) is 1. The fraction of sp³-hybridized carbons (Fsp3) is 0.133. The molecule has 2 aromatic rings. The van der Waals surface area contributed by atoms with Gasteiger partial charge in [0.1, 0.15) is 12.7 Å². The standard InChI is InChI=1S/C15H11F2NO2/c16-12-2-1-3-14(15(12)17)20-9-13(19)11-6-4-10(8-18)5-7-11/h1-7,13,19H,9H2. The van der Waals surface area contributed by atoms with Crippen LogP contribution < -0.4 is 4.74 Å². The number of nitriles is 1. The number of rotatable bonds is 4. The quantitative estimate of drug-likeness (QED) is 0.933. The van der Waals surface area contributed by atoms with Gasteiger partial charge in [-0.3, -0.25) is 0 Å². The molecule has 1 atom stereocenters. The second-order valence-electron chi connectivity index (χ2n) is 4.11. The zero-order valence-corrected chi connectivity index (χ0v) is 10.4. The monoisotopic (exact) mass is 275 g/mol. The van der Waals surface area contributed by atoms with Gasteiger partial charge >= 0.3 is 0 Å². The van der Waals surface area contributed by atoms with E-state index in [9.17, 15) is 13.9 Å². The van der Waals surface area contributed by atoms with E-state index in [1.807, 2.05) is 6.07 Å². The average molecular weight is 275 g/mol. The topological polar surface area (TPSA) is 53.2 Å². The van der Waals surface area contributed by atoms with E-state index >= 15 is 0 Å². The molecule has 0 fully saturated rings. The molecule has 0 saturated heterocycles. The molecule has 0 radical (unpaired) electrons. The van der Waals surface area contributed by atoms with E-state index in [1.54, 1.807) is 24.3 Å². The summed E-state index contributed by atoms with van der Waals surface area (Å²) in [7, 11) is 0. The van der Waals surface area contributed by atoms with E-state index in [0.29, 0.717) is 11.1 Å². The molecular formula is C15H11F2NO2. The van der Waals surface area contributed by atoms with Gasteiger partial charge in [0.2, 0.25) is 5.82 Å². The number of halogens is 2. The fourth-order valence-corrected chi connectivity index (χ4v) is 1.64. The Balaban J connectivity index is 2.03. The zero-order valence-electron chi connectivity index (χ0n) is 10.4. The summed E-state index contributed by atoms with van der Waals surface area (Å²) in [4.78, 5) is 0. The second-order valence-corrected chi connectivity index (χ2v) is 4.11. The lowest BCUT2D eigenvalue weighted by Gasteiger charge is -2.13. The lowest BCUT2D eigenvalue weighted by molar-refractivity contribution is 0.105. The van der Waals surface area contributed by atoms with E-state index in [1.165, 1.54) is 12.1 Å². The van der Waals surface area contributed by atoms with Gasteiger partial charge in [-0.05, 0) is 29.8 Å². The fourth-order valence-electron chi connectivity index (χ4n) is 1.64. The van der Waals surface area contributed by atoms with Crippen LogP contribution in [-0.2, 0) is 0 Å². The Hall–Kier alpha value is -2.45. The Labute approximate surface area is 114 Å². The van der Waals surface area contributed by atoms with Crippen LogP contribution in [0.3, 0.4) is 0 Å². The summed E-state index contributed by atoms with van der Waals surface area (Å²) in [5.41, 5.74) is 0.999. The van der Waals surface area contributed by atoms with Crippen LogP contribution in [0.5, 0.6) is 5.75 Å². The maximum atomic E-state index is 13.3. The van der Waals surface area contributed by atoms with Crippen molar-refractivity contribution in [1.82, 2.24) is 0 Å². The summed E-state index contributed by atoms with van der Waals surface area (Å²) in [5.74, 6) is -2.34. The van der Waals surface area contributed by atoms with Gasteiger partial charge < -0.3 is 9.84 Å². The molecule has 0 aliphatic rings. The van der Waals surface area contributed by atoms with Crippen LogP contribution in [0.2, 0.25) is 0 Å². The number of hydrogen-bond donors (Lipinski definition) is 1. The molecule has 0 aliphatic heterocycles. The largest absolute Gasteiger partial charge is 0.487 e. The molecule has 5 heteroatoms. The molecule has 0 amide bonds. The highest BCUT2D eigenvalue weighted by atomic mass is 19.2. The Morgan fingerprint density at radius 3 is 2.50 bits per heavy atom. The minimum atomic E-state index is -1.08. The van der Waals surface area contributed by atoms with Crippen LogP contribution in [0.4, 0.5) is 8.78 Å². The van der Waals surface area contributed by atoms with Crippen LogP contribution in [-0.4, -0.2) is 11.7 Å². The first-order valence-electron chi connectivity index (χ1n) is 5.86. The van der Waals surface area contributed by atoms with Crippen molar-refractivity contribution in [2.75, 3.05) is 6.61 Å². The highest BCUT2D eigenvalue weighted by Crippen LogP contribution is 2.21. The minimum absolute atomic E-state index is 0.216. The molecule has 3 nitrogen and oxygen atoms in total. The molecule has 1 unspecified atom stereocenters. The summed E-state index contributed by atoms with van der Waals surface area (Å²) in [5, 5.41) is 18.5. The maximum Gasteiger partial charge on any atom is 0.200 e. The first kappa shape index (κ1) is 14.0.